The second kappa shape index (κ2) is 7.10. The molecule has 2 rings (SSSR count). The molecule has 0 unspecified atom stereocenters. The molecule has 0 aromatic heterocycles. The van der Waals surface area contributed by atoms with Gasteiger partial charge >= 0.3 is 0 Å². The number of benzene rings is 2. The third-order valence-corrected chi connectivity index (χ3v) is 4.55. The number of thioether (sulfide) groups is 1. The summed E-state index contributed by atoms with van der Waals surface area (Å²) in [5.41, 5.74) is 2.21. The molecule has 0 aliphatic rings. The Morgan fingerprint density at radius 2 is 1.50 bits per heavy atom. The zero-order valence-electron chi connectivity index (χ0n) is 11.3. The van der Waals surface area contributed by atoms with Crippen molar-refractivity contribution >= 4 is 11.8 Å². The van der Waals surface area contributed by atoms with E-state index in [1.165, 1.54) is 5.56 Å². The van der Waals surface area contributed by atoms with E-state index in [2.05, 4.69) is 19.1 Å². The lowest BCUT2D eigenvalue weighted by Gasteiger charge is -2.18. The maximum Gasteiger partial charge on any atom is 0.219 e. The van der Waals surface area contributed by atoms with Gasteiger partial charge in [0.25, 0.3) is 0 Å². The van der Waals surface area contributed by atoms with E-state index in [0.717, 1.165) is 5.56 Å². The van der Waals surface area contributed by atoms with Crippen LogP contribution >= 0.6 is 11.8 Å². The summed E-state index contributed by atoms with van der Waals surface area (Å²) < 4.78 is 0. The quantitative estimate of drug-likeness (QED) is 0.580. The van der Waals surface area contributed by atoms with Crippen molar-refractivity contribution < 1.29 is 4.92 Å². The average molecular weight is 287 g/mol. The molecule has 0 amide bonds. The predicted molar refractivity (Wildman–Crippen MR) is 83.5 cm³/mol. The molecule has 0 aliphatic heterocycles. The molecule has 20 heavy (non-hydrogen) atoms. The van der Waals surface area contributed by atoms with Crippen LogP contribution in [0, 0.1) is 10.1 Å². The minimum Gasteiger partial charge on any atom is -0.264 e. The molecule has 0 aliphatic carbocycles. The lowest BCUT2D eigenvalue weighted by atomic mass is 10.1. The molecule has 2 aromatic rings. The molecule has 0 heterocycles. The van der Waals surface area contributed by atoms with Crippen molar-refractivity contribution in [2.24, 2.45) is 0 Å². The molecule has 104 valence electrons. The Balaban J connectivity index is 2.14. The molecule has 0 radical (unpaired) electrons. The van der Waals surface area contributed by atoms with Gasteiger partial charge in [-0.05, 0) is 18.1 Å². The Labute approximate surface area is 123 Å². The summed E-state index contributed by atoms with van der Waals surface area (Å²) in [5.74, 6) is 0. The van der Waals surface area contributed by atoms with Gasteiger partial charge in [-0.1, -0.05) is 60.7 Å². The second-order valence-electron chi connectivity index (χ2n) is 4.60. The normalized spacial score (nSPS) is 13.7. The lowest BCUT2D eigenvalue weighted by Crippen LogP contribution is -2.11. The van der Waals surface area contributed by atoms with Gasteiger partial charge in [0.05, 0.1) is 5.25 Å². The standard InChI is InChI=1S/C16H17NO2S/c1-13(14-8-4-2-5-9-14)20-16(12-17(18)19)15-10-6-3-7-11-15/h2-11,13,16H,12H2,1H3/t13-,16-/m1/s1. The first-order valence-corrected chi connectivity index (χ1v) is 7.48. The molecule has 0 bridgehead atoms. The third kappa shape index (κ3) is 4.10. The molecule has 3 nitrogen and oxygen atoms in total. The Hall–Kier alpha value is -1.81. The van der Waals surface area contributed by atoms with Crippen molar-refractivity contribution in [2.45, 2.75) is 17.4 Å². The highest BCUT2D eigenvalue weighted by molar-refractivity contribution is 7.99. The minimum absolute atomic E-state index is 0.0497. The van der Waals surface area contributed by atoms with Gasteiger partial charge in [-0.25, -0.2) is 0 Å². The maximum atomic E-state index is 10.9. The van der Waals surface area contributed by atoms with Crippen molar-refractivity contribution in [3.63, 3.8) is 0 Å². The molecule has 4 heteroatoms. The molecular formula is C16H17NO2S. The summed E-state index contributed by atoms with van der Waals surface area (Å²) in [7, 11) is 0. The first-order chi connectivity index (χ1) is 9.66. The van der Waals surface area contributed by atoms with Gasteiger partial charge in [0.2, 0.25) is 6.54 Å². The Morgan fingerprint density at radius 3 is 2.00 bits per heavy atom. The van der Waals surface area contributed by atoms with Crippen LogP contribution in [0.25, 0.3) is 0 Å². The highest BCUT2D eigenvalue weighted by Gasteiger charge is 2.21. The third-order valence-electron chi connectivity index (χ3n) is 3.12. The van der Waals surface area contributed by atoms with Crippen molar-refractivity contribution in [1.82, 2.24) is 0 Å². The summed E-state index contributed by atoms with van der Waals surface area (Å²) in [4.78, 5) is 10.7. The number of rotatable bonds is 6. The van der Waals surface area contributed by atoms with Crippen molar-refractivity contribution in [3.05, 3.63) is 81.9 Å². The first kappa shape index (κ1) is 14.6. The highest BCUT2D eigenvalue weighted by Crippen LogP contribution is 2.40. The van der Waals surface area contributed by atoms with Gasteiger partial charge in [0, 0.05) is 10.2 Å². The van der Waals surface area contributed by atoms with Crippen molar-refractivity contribution in [2.75, 3.05) is 6.54 Å². The maximum absolute atomic E-state index is 10.9. The largest absolute Gasteiger partial charge is 0.264 e. The highest BCUT2D eigenvalue weighted by atomic mass is 32.2. The fourth-order valence-electron chi connectivity index (χ4n) is 2.08. The lowest BCUT2D eigenvalue weighted by molar-refractivity contribution is -0.479. The predicted octanol–water partition coefficient (Wildman–Crippen LogP) is 4.50. The minimum atomic E-state index is -0.234. The number of nitrogens with zero attached hydrogens (tertiary/aromatic N) is 1. The fourth-order valence-corrected chi connectivity index (χ4v) is 3.41. The van der Waals surface area contributed by atoms with Crippen LogP contribution in [0.5, 0.6) is 0 Å². The zero-order chi connectivity index (χ0) is 14.4. The molecule has 2 aromatic carbocycles. The average Bonchev–Trinajstić information content (AvgIpc) is 2.48. The smallest absolute Gasteiger partial charge is 0.219 e. The molecule has 0 saturated carbocycles. The van der Waals surface area contributed by atoms with Crippen LogP contribution in [0.4, 0.5) is 0 Å². The summed E-state index contributed by atoms with van der Waals surface area (Å²) in [6, 6.07) is 19.8. The van der Waals surface area contributed by atoms with Crippen molar-refractivity contribution in [3.8, 4) is 0 Å². The van der Waals surface area contributed by atoms with Gasteiger partial charge in [0.1, 0.15) is 0 Å². The van der Waals surface area contributed by atoms with E-state index in [4.69, 9.17) is 0 Å². The number of hydrogen-bond acceptors (Lipinski definition) is 3. The van der Waals surface area contributed by atoms with Crippen LogP contribution in [0.1, 0.15) is 28.6 Å². The van der Waals surface area contributed by atoms with E-state index in [-0.39, 0.29) is 22.0 Å². The first-order valence-electron chi connectivity index (χ1n) is 6.54. The summed E-state index contributed by atoms with van der Waals surface area (Å²) >= 11 is 1.64. The van der Waals surface area contributed by atoms with E-state index >= 15 is 0 Å². The van der Waals surface area contributed by atoms with Gasteiger partial charge in [0.15, 0.2) is 0 Å². The molecule has 0 fully saturated rings. The van der Waals surface area contributed by atoms with Crippen LogP contribution in [0.3, 0.4) is 0 Å². The van der Waals surface area contributed by atoms with E-state index < -0.39 is 0 Å². The molecule has 0 N–H and O–H groups in total. The van der Waals surface area contributed by atoms with Crippen LogP contribution in [-0.4, -0.2) is 11.5 Å². The molecular weight excluding hydrogens is 270 g/mol. The SMILES string of the molecule is C[C@@H](S[C@H](C[N+](=O)[O-])c1ccccc1)c1ccccc1. The summed E-state index contributed by atoms with van der Waals surface area (Å²) in [6.07, 6.45) is 0. The topological polar surface area (TPSA) is 43.1 Å². The molecule has 0 spiro atoms. The monoisotopic (exact) mass is 287 g/mol. The second-order valence-corrected chi connectivity index (χ2v) is 6.15. The Bertz CT molecular complexity index is 545. The van der Waals surface area contributed by atoms with Crippen molar-refractivity contribution in [1.29, 1.82) is 0 Å². The fraction of sp³-hybridized carbons (Fsp3) is 0.250. The van der Waals surface area contributed by atoms with Gasteiger partial charge in [-0.3, -0.25) is 10.1 Å². The van der Waals surface area contributed by atoms with E-state index in [9.17, 15) is 10.1 Å². The van der Waals surface area contributed by atoms with Crippen LogP contribution < -0.4 is 0 Å². The van der Waals surface area contributed by atoms with Crippen LogP contribution in [0.2, 0.25) is 0 Å². The van der Waals surface area contributed by atoms with Crippen LogP contribution in [0.15, 0.2) is 60.7 Å². The number of hydrogen-bond donors (Lipinski definition) is 0. The van der Waals surface area contributed by atoms with E-state index in [1.807, 2.05) is 48.5 Å². The van der Waals surface area contributed by atoms with E-state index in [1.54, 1.807) is 11.8 Å². The van der Waals surface area contributed by atoms with Gasteiger partial charge in [-0.2, -0.15) is 0 Å². The summed E-state index contributed by atoms with van der Waals surface area (Å²) in [6.45, 7) is 2.04. The summed E-state index contributed by atoms with van der Waals surface area (Å²) in [5, 5.41) is 11.0. The van der Waals surface area contributed by atoms with Gasteiger partial charge < -0.3 is 0 Å². The number of nitro groups is 1. The Morgan fingerprint density at radius 1 is 1.00 bits per heavy atom. The van der Waals surface area contributed by atoms with E-state index in [0.29, 0.717) is 0 Å². The zero-order valence-corrected chi connectivity index (χ0v) is 12.1. The molecule has 0 saturated heterocycles. The van der Waals surface area contributed by atoms with Crippen LogP contribution in [-0.2, 0) is 0 Å². The Kier molecular flexibility index (Phi) is 5.18. The molecule has 2 atom stereocenters. The van der Waals surface area contributed by atoms with Gasteiger partial charge in [-0.15, -0.1) is 11.8 Å².